The molecule has 1 aliphatic heterocycles. The van der Waals surface area contributed by atoms with Crippen LogP contribution in [0.5, 0.6) is 5.75 Å². The van der Waals surface area contributed by atoms with E-state index in [0.717, 1.165) is 25.3 Å². The zero-order chi connectivity index (χ0) is 17.6. The summed E-state index contributed by atoms with van der Waals surface area (Å²) in [6.45, 7) is 8.18. The van der Waals surface area contributed by atoms with Crippen LogP contribution in [-0.4, -0.2) is 42.8 Å². The Kier molecular flexibility index (Phi) is 6.49. The number of hydrogen-bond acceptors (Lipinski definition) is 4. The molecule has 1 aromatic rings. The summed E-state index contributed by atoms with van der Waals surface area (Å²) in [4.78, 5) is 14.3. The number of piperidine rings is 1. The van der Waals surface area contributed by atoms with Crippen molar-refractivity contribution in [2.24, 2.45) is 0 Å². The van der Waals surface area contributed by atoms with Gasteiger partial charge >= 0.3 is 6.09 Å². The molecule has 1 unspecified atom stereocenters. The lowest BCUT2D eigenvalue weighted by atomic mass is 10.0. The molecule has 5 nitrogen and oxygen atoms in total. The molecule has 2 rings (SSSR count). The third kappa shape index (κ3) is 6.04. The number of methoxy groups -OCH3 is 1. The molecule has 1 aromatic carbocycles. The summed E-state index contributed by atoms with van der Waals surface area (Å²) in [6.07, 6.45) is 3.16. The monoisotopic (exact) mass is 334 g/mol. The summed E-state index contributed by atoms with van der Waals surface area (Å²) < 4.78 is 10.6. The number of hydrogen-bond donors (Lipinski definition) is 1. The van der Waals surface area contributed by atoms with Crippen molar-refractivity contribution in [1.29, 1.82) is 0 Å². The van der Waals surface area contributed by atoms with Gasteiger partial charge in [0, 0.05) is 19.1 Å². The van der Waals surface area contributed by atoms with Crippen molar-refractivity contribution >= 4 is 6.09 Å². The Hall–Kier alpha value is -1.75. The lowest BCUT2D eigenvalue weighted by Gasteiger charge is -2.36. The largest absolute Gasteiger partial charge is 0.497 e. The first-order valence-electron chi connectivity index (χ1n) is 8.71. The van der Waals surface area contributed by atoms with E-state index < -0.39 is 5.60 Å². The van der Waals surface area contributed by atoms with Crippen LogP contribution in [0, 0.1) is 0 Å². The molecule has 1 heterocycles. The first-order valence-corrected chi connectivity index (χ1v) is 8.71. The summed E-state index contributed by atoms with van der Waals surface area (Å²) in [5.41, 5.74) is 0.773. The number of rotatable bonds is 5. The van der Waals surface area contributed by atoms with Crippen LogP contribution < -0.4 is 10.1 Å². The van der Waals surface area contributed by atoms with Crippen molar-refractivity contribution in [2.45, 2.75) is 58.2 Å². The molecule has 1 amide bonds. The molecule has 5 heteroatoms. The highest BCUT2D eigenvalue weighted by molar-refractivity contribution is 5.67. The van der Waals surface area contributed by atoms with E-state index in [9.17, 15) is 4.79 Å². The van der Waals surface area contributed by atoms with E-state index in [0.29, 0.717) is 12.6 Å². The molecule has 0 aromatic heterocycles. The van der Waals surface area contributed by atoms with Crippen LogP contribution in [0.25, 0.3) is 0 Å². The summed E-state index contributed by atoms with van der Waals surface area (Å²) in [6, 6.07) is 8.52. The van der Waals surface area contributed by atoms with Gasteiger partial charge in [0.05, 0.1) is 7.11 Å². The third-order valence-corrected chi connectivity index (χ3v) is 4.15. The smallest absolute Gasteiger partial charge is 0.407 e. The molecule has 1 aliphatic rings. The molecule has 1 N–H and O–H groups in total. The molecule has 0 radical (unpaired) electrons. The fourth-order valence-corrected chi connectivity index (χ4v) is 3.02. The number of carbonyl (C=O) groups is 1. The maximum atomic E-state index is 11.9. The molecule has 1 saturated heterocycles. The number of nitrogens with zero attached hydrogens (tertiary/aromatic N) is 1. The highest BCUT2D eigenvalue weighted by Gasteiger charge is 2.24. The van der Waals surface area contributed by atoms with Crippen molar-refractivity contribution < 1.29 is 14.3 Å². The fraction of sp³-hybridized carbons (Fsp3) is 0.632. The topological polar surface area (TPSA) is 50.8 Å². The maximum absolute atomic E-state index is 11.9. The zero-order valence-electron chi connectivity index (χ0n) is 15.3. The second-order valence-electron chi connectivity index (χ2n) is 7.35. The lowest BCUT2D eigenvalue weighted by Crippen LogP contribution is -2.47. The first-order chi connectivity index (χ1) is 11.4. The molecule has 0 bridgehead atoms. The minimum Gasteiger partial charge on any atom is -0.497 e. The standard InChI is InChI=1S/C19H30N2O3/c1-19(2,3)24-18(22)20-13-16-9-5-6-11-21(16)14-15-8-7-10-17(12-15)23-4/h7-8,10,12,16H,5-6,9,11,13-14H2,1-4H3,(H,20,22). The summed E-state index contributed by atoms with van der Waals surface area (Å²) >= 11 is 0. The molecule has 0 aliphatic carbocycles. The van der Waals surface area contributed by atoms with Gasteiger partial charge in [-0.05, 0) is 57.9 Å². The van der Waals surface area contributed by atoms with E-state index in [1.807, 2.05) is 32.9 Å². The average molecular weight is 334 g/mol. The Bertz CT molecular complexity index is 540. The van der Waals surface area contributed by atoms with Gasteiger partial charge in [-0.1, -0.05) is 18.6 Å². The van der Waals surface area contributed by atoms with E-state index in [1.165, 1.54) is 18.4 Å². The second-order valence-corrected chi connectivity index (χ2v) is 7.35. The highest BCUT2D eigenvalue weighted by atomic mass is 16.6. The first kappa shape index (κ1) is 18.6. The zero-order valence-corrected chi connectivity index (χ0v) is 15.3. The van der Waals surface area contributed by atoms with Crippen molar-refractivity contribution in [2.75, 3.05) is 20.2 Å². The minimum absolute atomic E-state index is 0.339. The molecule has 1 fully saturated rings. The van der Waals surface area contributed by atoms with Gasteiger partial charge in [-0.2, -0.15) is 0 Å². The Morgan fingerprint density at radius 3 is 2.83 bits per heavy atom. The van der Waals surface area contributed by atoms with Gasteiger partial charge in [0.1, 0.15) is 11.4 Å². The Morgan fingerprint density at radius 1 is 1.33 bits per heavy atom. The van der Waals surface area contributed by atoms with E-state index >= 15 is 0 Å². The van der Waals surface area contributed by atoms with Gasteiger partial charge in [-0.15, -0.1) is 0 Å². The van der Waals surface area contributed by atoms with Crippen molar-refractivity contribution in [3.05, 3.63) is 29.8 Å². The van der Waals surface area contributed by atoms with Gasteiger partial charge in [0.15, 0.2) is 0 Å². The van der Waals surface area contributed by atoms with E-state index in [4.69, 9.17) is 9.47 Å². The Morgan fingerprint density at radius 2 is 2.12 bits per heavy atom. The molecule has 24 heavy (non-hydrogen) atoms. The highest BCUT2D eigenvalue weighted by Crippen LogP contribution is 2.21. The normalized spacial score (nSPS) is 18.9. The van der Waals surface area contributed by atoms with Crippen LogP contribution in [0.15, 0.2) is 24.3 Å². The SMILES string of the molecule is COc1cccc(CN2CCCCC2CNC(=O)OC(C)(C)C)c1. The maximum Gasteiger partial charge on any atom is 0.407 e. The predicted octanol–water partition coefficient (Wildman–Crippen LogP) is 3.57. The van der Waals surface area contributed by atoms with Gasteiger partial charge in [0.25, 0.3) is 0 Å². The van der Waals surface area contributed by atoms with Crippen molar-refractivity contribution in [3.63, 3.8) is 0 Å². The van der Waals surface area contributed by atoms with E-state index in [1.54, 1.807) is 7.11 Å². The van der Waals surface area contributed by atoms with Crippen molar-refractivity contribution in [3.8, 4) is 5.75 Å². The molecule has 0 spiro atoms. The lowest BCUT2D eigenvalue weighted by molar-refractivity contribution is 0.0492. The van der Waals surface area contributed by atoms with Crippen LogP contribution in [-0.2, 0) is 11.3 Å². The van der Waals surface area contributed by atoms with Crippen LogP contribution in [0.3, 0.4) is 0 Å². The van der Waals surface area contributed by atoms with Crippen LogP contribution in [0.4, 0.5) is 4.79 Å². The molecular formula is C19H30N2O3. The molecule has 1 atom stereocenters. The van der Waals surface area contributed by atoms with Crippen molar-refractivity contribution in [1.82, 2.24) is 10.2 Å². The Labute approximate surface area is 145 Å². The third-order valence-electron chi connectivity index (χ3n) is 4.15. The number of nitrogens with one attached hydrogen (secondary N) is 1. The number of amides is 1. The molecular weight excluding hydrogens is 304 g/mol. The predicted molar refractivity (Wildman–Crippen MR) is 95.3 cm³/mol. The van der Waals surface area contributed by atoms with Crippen LogP contribution >= 0.6 is 0 Å². The van der Waals surface area contributed by atoms with Gasteiger partial charge in [-0.3, -0.25) is 4.90 Å². The number of carbonyl (C=O) groups excluding carboxylic acids is 1. The second kappa shape index (κ2) is 8.38. The fourth-order valence-electron chi connectivity index (χ4n) is 3.02. The Balaban J connectivity index is 1.91. The van der Waals surface area contributed by atoms with Gasteiger partial charge in [-0.25, -0.2) is 4.79 Å². The van der Waals surface area contributed by atoms with Crippen LogP contribution in [0.2, 0.25) is 0 Å². The summed E-state index contributed by atoms with van der Waals surface area (Å²) in [5.74, 6) is 0.882. The van der Waals surface area contributed by atoms with Gasteiger partial charge in [0.2, 0.25) is 0 Å². The van der Waals surface area contributed by atoms with E-state index in [-0.39, 0.29) is 6.09 Å². The number of benzene rings is 1. The quantitative estimate of drug-likeness (QED) is 0.894. The van der Waals surface area contributed by atoms with E-state index in [2.05, 4.69) is 22.3 Å². The number of ether oxygens (including phenoxy) is 2. The summed E-state index contributed by atoms with van der Waals surface area (Å²) in [7, 11) is 1.69. The minimum atomic E-state index is -0.461. The summed E-state index contributed by atoms with van der Waals surface area (Å²) in [5, 5.41) is 2.92. The van der Waals surface area contributed by atoms with Gasteiger partial charge < -0.3 is 14.8 Å². The molecule has 134 valence electrons. The molecule has 0 saturated carbocycles. The number of likely N-dealkylation sites (tertiary alicyclic amines) is 1. The van der Waals surface area contributed by atoms with Crippen LogP contribution in [0.1, 0.15) is 45.6 Å². The average Bonchev–Trinajstić information content (AvgIpc) is 2.52. The number of alkyl carbamates (subject to hydrolysis) is 1.